The van der Waals surface area contributed by atoms with Crippen molar-refractivity contribution in [2.45, 2.75) is 19.3 Å². The summed E-state index contributed by atoms with van der Waals surface area (Å²) < 4.78 is 0. The first-order chi connectivity index (χ1) is 9.53. The summed E-state index contributed by atoms with van der Waals surface area (Å²) >= 11 is 6.21. The van der Waals surface area contributed by atoms with Crippen LogP contribution in [0, 0.1) is 11.3 Å². The number of hydrogen-bond acceptors (Lipinski definition) is 5. The molecule has 5 nitrogen and oxygen atoms in total. The zero-order chi connectivity index (χ0) is 14.3. The van der Waals surface area contributed by atoms with Gasteiger partial charge in [-0.15, -0.1) is 0 Å². The van der Waals surface area contributed by atoms with Crippen molar-refractivity contribution in [1.82, 2.24) is 15.0 Å². The maximum atomic E-state index is 9.00. The zero-order valence-corrected chi connectivity index (χ0v) is 11.9. The van der Waals surface area contributed by atoms with Crippen LogP contribution >= 0.6 is 11.6 Å². The molecule has 2 aromatic heterocycles. The number of rotatable bonds is 1. The van der Waals surface area contributed by atoms with E-state index in [0.29, 0.717) is 23.1 Å². The quantitative estimate of drug-likeness (QED) is 0.754. The van der Waals surface area contributed by atoms with Crippen molar-refractivity contribution in [3.05, 3.63) is 40.9 Å². The minimum atomic E-state index is -0.169. The number of aromatic nitrogens is 3. The molecule has 0 amide bonds. The molecule has 0 bridgehead atoms. The van der Waals surface area contributed by atoms with Crippen LogP contribution in [0.15, 0.2) is 24.7 Å². The van der Waals surface area contributed by atoms with E-state index in [2.05, 4.69) is 34.9 Å². The molecule has 20 heavy (non-hydrogen) atoms. The highest BCUT2D eigenvalue weighted by molar-refractivity contribution is 6.30. The third kappa shape index (κ3) is 1.89. The molecule has 3 heterocycles. The molecule has 3 rings (SSSR count). The Kier molecular flexibility index (Phi) is 2.84. The van der Waals surface area contributed by atoms with Crippen LogP contribution in [0.25, 0.3) is 0 Å². The molecule has 0 aromatic carbocycles. The predicted octanol–water partition coefficient (Wildman–Crippen LogP) is 2.83. The summed E-state index contributed by atoms with van der Waals surface area (Å²) in [6.45, 7) is 4.88. The molecule has 1 aliphatic heterocycles. The minimum absolute atomic E-state index is 0.169. The first kappa shape index (κ1) is 12.8. The van der Waals surface area contributed by atoms with Crippen molar-refractivity contribution in [3.8, 4) is 6.07 Å². The Morgan fingerprint density at radius 3 is 2.90 bits per heavy atom. The molecular formula is C14H12ClN5. The summed E-state index contributed by atoms with van der Waals surface area (Å²) in [4.78, 5) is 14.7. The Balaban J connectivity index is 2.15. The first-order valence-corrected chi connectivity index (χ1v) is 6.55. The molecule has 2 aromatic rings. The number of hydrogen-bond donors (Lipinski definition) is 0. The molecule has 6 heteroatoms. The lowest BCUT2D eigenvalue weighted by atomic mass is 9.89. The van der Waals surface area contributed by atoms with Crippen LogP contribution < -0.4 is 4.90 Å². The van der Waals surface area contributed by atoms with Crippen molar-refractivity contribution < 1.29 is 0 Å². The number of fused-ring (bicyclic) bond motifs is 1. The molecular weight excluding hydrogens is 274 g/mol. The fourth-order valence-corrected chi connectivity index (χ4v) is 2.90. The highest BCUT2D eigenvalue weighted by atomic mass is 35.5. The van der Waals surface area contributed by atoms with Gasteiger partial charge in [0.15, 0.2) is 0 Å². The van der Waals surface area contributed by atoms with Crippen molar-refractivity contribution >= 4 is 23.2 Å². The van der Waals surface area contributed by atoms with Crippen LogP contribution in [0.4, 0.5) is 11.6 Å². The second-order valence-corrected chi connectivity index (χ2v) is 5.71. The molecule has 1 aliphatic rings. The van der Waals surface area contributed by atoms with Crippen molar-refractivity contribution in [3.63, 3.8) is 0 Å². The summed E-state index contributed by atoms with van der Waals surface area (Å²) in [7, 11) is 0. The van der Waals surface area contributed by atoms with Crippen LogP contribution in [-0.4, -0.2) is 21.5 Å². The summed E-state index contributed by atoms with van der Waals surface area (Å²) in [6.07, 6.45) is 3.07. The van der Waals surface area contributed by atoms with Gasteiger partial charge in [0.1, 0.15) is 23.1 Å². The summed E-state index contributed by atoms with van der Waals surface area (Å²) in [5.41, 5.74) is 1.32. The average molecular weight is 286 g/mol. The lowest BCUT2D eigenvalue weighted by Gasteiger charge is -2.20. The second kappa shape index (κ2) is 4.43. The molecule has 0 N–H and O–H groups in total. The lowest BCUT2D eigenvalue weighted by molar-refractivity contribution is 0.566. The van der Waals surface area contributed by atoms with E-state index in [9.17, 15) is 0 Å². The zero-order valence-electron chi connectivity index (χ0n) is 11.1. The van der Waals surface area contributed by atoms with Gasteiger partial charge < -0.3 is 4.90 Å². The molecule has 0 saturated heterocycles. The average Bonchev–Trinajstić information content (AvgIpc) is 2.72. The maximum Gasteiger partial charge on any atom is 0.142 e. The third-order valence-electron chi connectivity index (χ3n) is 3.42. The Morgan fingerprint density at radius 1 is 1.35 bits per heavy atom. The van der Waals surface area contributed by atoms with Gasteiger partial charge in [0, 0.05) is 23.7 Å². The van der Waals surface area contributed by atoms with E-state index in [1.165, 1.54) is 6.33 Å². The molecule has 0 radical (unpaired) electrons. The monoisotopic (exact) mass is 285 g/mol. The summed E-state index contributed by atoms with van der Waals surface area (Å²) in [5, 5.41) is 9.48. The Bertz CT molecular complexity index is 720. The molecule has 0 saturated carbocycles. The molecule has 100 valence electrons. The Labute approximate surface area is 121 Å². The fourth-order valence-electron chi connectivity index (χ4n) is 2.52. The van der Waals surface area contributed by atoms with E-state index in [1.807, 2.05) is 4.90 Å². The molecule has 0 unspecified atom stereocenters. The van der Waals surface area contributed by atoms with Crippen LogP contribution in [-0.2, 0) is 5.41 Å². The van der Waals surface area contributed by atoms with Crippen molar-refractivity contribution in [1.29, 1.82) is 5.26 Å². The van der Waals surface area contributed by atoms with Gasteiger partial charge in [-0.2, -0.15) is 5.26 Å². The normalized spacial score (nSPS) is 15.8. The SMILES string of the molecule is CC1(C)CN(c2cc(C#N)ccn2)c2ncnc(Cl)c21. The van der Waals surface area contributed by atoms with Crippen molar-refractivity contribution in [2.24, 2.45) is 0 Å². The predicted molar refractivity (Wildman–Crippen MR) is 76.0 cm³/mol. The third-order valence-corrected chi connectivity index (χ3v) is 3.70. The van der Waals surface area contributed by atoms with Gasteiger partial charge >= 0.3 is 0 Å². The van der Waals surface area contributed by atoms with Gasteiger partial charge in [0.05, 0.1) is 11.6 Å². The number of pyridine rings is 1. The van der Waals surface area contributed by atoms with Gasteiger partial charge in [-0.3, -0.25) is 0 Å². The smallest absolute Gasteiger partial charge is 0.142 e. The number of anilines is 2. The number of halogens is 1. The van der Waals surface area contributed by atoms with Crippen LogP contribution in [0.1, 0.15) is 25.0 Å². The second-order valence-electron chi connectivity index (χ2n) is 5.35. The first-order valence-electron chi connectivity index (χ1n) is 6.17. The van der Waals surface area contributed by atoms with Gasteiger partial charge in [0.25, 0.3) is 0 Å². The van der Waals surface area contributed by atoms with E-state index in [4.69, 9.17) is 16.9 Å². The van der Waals surface area contributed by atoms with Gasteiger partial charge in [-0.1, -0.05) is 25.4 Å². The number of nitriles is 1. The minimum Gasteiger partial charge on any atom is -0.310 e. The number of nitrogens with zero attached hydrogens (tertiary/aromatic N) is 5. The van der Waals surface area contributed by atoms with E-state index < -0.39 is 0 Å². The topological polar surface area (TPSA) is 65.7 Å². The standard InChI is InChI=1S/C14H12ClN5/c1-14(2)7-20(10-5-9(6-16)3-4-17-10)13-11(14)12(15)18-8-19-13/h3-5,8H,7H2,1-2H3. The summed E-state index contributed by atoms with van der Waals surface area (Å²) in [6, 6.07) is 5.55. The maximum absolute atomic E-state index is 9.00. The van der Waals surface area contributed by atoms with Gasteiger partial charge in [-0.25, -0.2) is 15.0 Å². The van der Waals surface area contributed by atoms with E-state index >= 15 is 0 Å². The Hall–Kier alpha value is -2.19. The highest BCUT2D eigenvalue weighted by Gasteiger charge is 2.39. The molecule has 0 spiro atoms. The highest BCUT2D eigenvalue weighted by Crippen LogP contribution is 2.44. The Morgan fingerprint density at radius 2 is 2.15 bits per heavy atom. The van der Waals surface area contributed by atoms with Crippen LogP contribution in [0.3, 0.4) is 0 Å². The van der Waals surface area contributed by atoms with Crippen LogP contribution in [0.5, 0.6) is 0 Å². The van der Waals surface area contributed by atoms with E-state index in [0.717, 1.165) is 11.4 Å². The fraction of sp³-hybridized carbons (Fsp3) is 0.286. The molecule has 0 fully saturated rings. The van der Waals surface area contributed by atoms with E-state index in [1.54, 1.807) is 18.3 Å². The largest absolute Gasteiger partial charge is 0.310 e. The van der Waals surface area contributed by atoms with Gasteiger partial charge in [-0.05, 0) is 12.1 Å². The molecule has 0 aliphatic carbocycles. The van der Waals surface area contributed by atoms with Crippen LogP contribution in [0.2, 0.25) is 5.15 Å². The van der Waals surface area contributed by atoms with Crippen molar-refractivity contribution in [2.75, 3.05) is 11.4 Å². The van der Waals surface area contributed by atoms with Gasteiger partial charge in [0.2, 0.25) is 0 Å². The lowest BCUT2D eigenvalue weighted by Crippen LogP contribution is -2.25. The van der Waals surface area contributed by atoms with E-state index in [-0.39, 0.29) is 5.41 Å². The molecule has 0 atom stereocenters. The summed E-state index contributed by atoms with van der Waals surface area (Å²) in [5.74, 6) is 1.46.